The maximum absolute atomic E-state index is 12.7. The lowest BCUT2D eigenvalue weighted by atomic mass is 10.1. The Morgan fingerprint density at radius 1 is 1.27 bits per heavy atom. The molecule has 3 aromatic rings. The number of aromatic nitrogens is 4. The highest BCUT2D eigenvalue weighted by molar-refractivity contribution is 7.19. The van der Waals surface area contributed by atoms with E-state index in [1.807, 2.05) is 6.07 Å². The summed E-state index contributed by atoms with van der Waals surface area (Å²) in [6, 6.07) is 1.93. The molecule has 4 rings (SSSR count). The van der Waals surface area contributed by atoms with E-state index in [0.29, 0.717) is 15.7 Å². The molecule has 0 aromatic carbocycles. The van der Waals surface area contributed by atoms with Crippen LogP contribution in [0.25, 0.3) is 10.6 Å². The number of piperidine rings is 1. The van der Waals surface area contributed by atoms with Gasteiger partial charge in [-0.25, -0.2) is 4.98 Å². The molecule has 1 aliphatic heterocycles. The van der Waals surface area contributed by atoms with Crippen molar-refractivity contribution >= 4 is 33.6 Å². The molecule has 3 aromatic heterocycles. The Morgan fingerprint density at radius 2 is 2.12 bits per heavy atom. The Balaban J connectivity index is 1.57. The summed E-state index contributed by atoms with van der Waals surface area (Å²) in [7, 11) is 0. The second-order valence-electron chi connectivity index (χ2n) is 6.11. The number of amides is 1. The molecule has 0 saturated carbocycles. The highest BCUT2D eigenvalue weighted by Gasteiger charge is 2.20. The Kier molecular flexibility index (Phi) is 4.53. The van der Waals surface area contributed by atoms with E-state index in [1.165, 1.54) is 17.8 Å². The van der Waals surface area contributed by atoms with E-state index in [0.717, 1.165) is 37.2 Å². The molecule has 0 unspecified atom stereocenters. The molecule has 1 aliphatic rings. The van der Waals surface area contributed by atoms with Gasteiger partial charge in [0, 0.05) is 31.0 Å². The number of aromatic amines is 1. The molecule has 0 atom stereocenters. The van der Waals surface area contributed by atoms with Gasteiger partial charge in [0.15, 0.2) is 5.69 Å². The van der Waals surface area contributed by atoms with Gasteiger partial charge < -0.3 is 16.0 Å². The fourth-order valence-electron chi connectivity index (χ4n) is 3.06. The molecule has 0 spiro atoms. The van der Waals surface area contributed by atoms with E-state index in [2.05, 4.69) is 30.4 Å². The first-order chi connectivity index (χ1) is 12.7. The van der Waals surface area contributed by atoms with Gasteiger partial charge in [-0.15, -0.1) is 0 Å². The molecule has 9 heteroatoms. The van der Waals surface area contributed by atoms with Crippen LogP contribution in [-0.2, 0) is 0 Å². The van der Waals surface area contributed by atoms with Crippen LogP contribution in [0.15, 0.2) is 30.9 Å². The molecule has 26 heavy (non-hydrogen) atoms. The fraction of sp³-hybridized carbons (Fsp3) is 0.294. The molecule has 1 saturated heterocycles. The first-order valence-corrected chi connectivity index (χ1v) is 9.30. The topological polar surface area (TPSA) is 113 Å². The monoisotopic (exact) mass is 369 g/mol. The van der Waals surface area contributed by atoms with Crippen molar-refractivity contribution in [3.63, 3.8) is 0 Å². The Morgan fingerprint density at radius 3 is 2.88 bits per heavy atom. The van der Waals surface area contributed by atoms with Crippen LogP contribution in [0.1, 0.15) is 29.8 Å². The quantitative estimate of drug-likeness (QED) is 0.652. The third-order valence-electron chi connectivity index (χ3n) is 4.36. The predicted octanol–water partition coefficient (Wildman–Crippen LogP) is 2.75. The minimum atomic E-state index is -0.334. The van der Waals surface area contributed by atoms with E-state index in [9.17, 15) is 4.79 Å². The number of H-pyrrole nitrogens is 1. The van der Waals surface area contributed by atoms with Crippen LogP contribution in [0.4, 0.5) is 16.4 Å². The van der Waals surface area contributed by atoms with E-state index in [4.69, 9.17) is 5.73 Å². The minimum Gasteiger partial charge on any atom is -0.389 e. The molecular weight excluding hydrogens is 350 g/mol. The average molecular weight is 369 g/mol. The maximum atomic E-state index is 12.7. The molecule has 0 radical (unpaired) electrons. The molecule has 134 valence electrons. The van der Waals surface area contributed by atoms with Crippen LogP contribution in [0.3, 0.4) is 0 Å². The number of nitrogens with one attached hydrogen (secondary N) is 2. The van der Waals surface area contributed by atoms with Gasteiger partial charge in [0.2, 0.25) is 0 Å². The van der Waals surface area contributed by atoms with Crippen LogP contribution in [0.5, 0.6) is 0 Å². The van der Waals surface area contributed by atoms with Crippen molar-refractivity contribution in [3.05, 3.63) is 36.5 Å². The number of thiazole rings is 1. The van der Waals surface area contributed by atoms with Crippen LogP contribution >= 0.6 is 11.3 Å². The van der Waals surface area contributed by atoms with Crippen molar-refractivity contribution in [1.82, 2.24) is 20.2 Å². The number of anilines is 3. The van der Waals surface area contributed by atoms with Gasteiger partial charge in [-0.05, 0) is 25.3 Å². The maximum Gasteiger partial charge on any atom is 0.277 e. The summed E-state index contributed by atoms with van der Waals surface area (Å²) in [5, 5.41) is 10.6. The van der Waals surface area contributed by atoms with E-state index < -0.39 is 0 Å². The number of nitrogens with two attached hydrogens (primary N) is 1. The number of carbonyl (C=O) groups excluding carboxylic acids is 1. The molecule has 4 N–H and O–H groups in total. The molecule has 0 aliphatic carbocycles. The first kappa shape index (κ1) is 16.5. The number of rotatable bonds is 4. The summed E-state index contributed by atoms with van der Waals surface area (Å²) >= 11 is 1.26. The van der Waals surface area contributed by atoms with Gasteiger partial charge in [-0.2, -0.15) is 5.10 Å². The van der Waals surface area contributed by atoms with Crippen LogP contribution in [-0.4, -0.2) is 39.2 Å². The van der Waals surface area contributed by atoms with Crippen LogP contribution < -0.4 is 16.0 Å². The van der Waals surface area contributed by atoms with E-state index >= 15 is 0 Å². The van der Waals surface area contributed by atoms with Crippen molar-refractivity contribution in [3.8, 4) is 10.6 Å². The van der Waals surface area contributed by atoms with Crippen molar-refractivity contribution in [2.24, 2.45) is 0 Å². The minimum absolute atomic E-state index is 0.222. The molecule has 1 amide bonds. The summed E-state index contributed by atoms with van der Waals surface area (Å²) in [5.74, 6) is -0.334. The first-order valence-electron chi connectivity index (χ1n) is 8.48. The van der Waals surface area contributed by atoms with Gasteiger partial charge in [0.1, 0.15) is 10.0 Å². The molecule has 8 nitrogen and oxygen atoms in total. The van der Waals surface area contributed by atoms with Crippen molar-refractivity contribution in [2.45, 2.75) is 19.3 Å². The van der Waals surface area contributed by atoms with Crippen molar-refractivity contribution in [2.75, 3.05) is 29.0 Å². The third kappa shape index (κ3) is 3.25. The Bertz CT molecular complexity index is 900. The summed E-state index contributed by atoms with van der Waals surface area (Å²) < 4.78 is 0. The van der Waals surface area contributed by atoms with Gasteiger partial charge in [0.05, 0.1) is 23.8 Å². The van der Waals surface area contributed by atoms with Crippen LogP contribution in [0.2, 0.25) is 0 Å². The zero-order valence-corrected chi connectivity index (χ0v) is 14.9. The molecule has 0 bridgehead atoms. The smallest absolute Gasteiger partial charge is 0.277 e. The molecular formula is C17H19N7OS. The highest BCUT2D eigenvalue weighted by atomic mass is 32.1. The summed E-state index contributed by atoms with van der Waals surface area (Å²) in [6.45, 7) is 1.97. The number of hydrogen-bond acceptors (Lipinski definition) is 7. The second-order valence-corrected chi connectivity index (χ2v) is 7.14. The van der Waals surface area contributed by atoms with Crippen molar-refractivity contribution < 1.29 is 4.79 Å². The second kappa shape index (κ2) is 7.12. The number of pyridine rings is 1. The molecule has 1 fully saturated rings. The SMILES string of the molecule is Nc1sc(-c2cn[nH]c2)nc1C(=O)Nc1cnccc1N1CCCCC1. The summed E-state index contributed by atoms with van der Waals surface area (Å²) in [4.78, 5) is 23.5. The zero-order chi connectivity index (χ0) is 17.9. The lowest BCUT2D eigenvalue weighted by Gasteiger charge is -2.30. The third-order valence-corrected chi connectivity index (χ3v) is 5.29. The number of hydrogen-bond donors (Lipinski definition) is 3. The van der Waals surface area contributed by atoms with Gasteiger partial charge in [-0.1, -0.05) is 11.3 Å². The Hall–Kier alpha value is -2.94. The summed E-state index contributed by atoms with van der Waals surface area (Å²) in [5.41, 5.74) is 8.71. The lowest BCUT2D eigenvalue weighted by molar-refractivity contribution is 0.102. The van der Waals surface area contributed by atoms with Gasteiger partial charge >= 0.3 is 0 Å². The van der Waals surface area contributed by atoms with E-state index in [1.54, 1.807) is 24.8 Å². The highest BCUT2D eigenvalue weighted by Crippen LogP contribution is 2.31. The predicted molar refractivity (Wildman–Crippen MR) is 102 cm³/mol. The van der Waals surface area contributed by atoms with E-state index in [-0.39, 0.29) is 11.6 Å². The zero-order valence-electron chi connectivity index (χ0n) is 14.1. The van der Waals surface area contributed by atoms with Crippen LogP contribution in [0, 0.1) is 0 Å². The number of carbonyl (C=O) groups is 1. The largest absolute Gasteiger partial charge is 0.389 e. The molecule has 4 heterocycles. The van der Waals surface area contributed by atoms with Gasteiger partial charge in [-0.3, -0.25) is 14.9 Å². The average Bonchev–Trinajstić information content (AvgIpc) is 3.32. The standard InChI is InChI=1S/C17H19N7OS/c18-15-14(23-17(26-15)11-8-20-21-9-11)16(25)22-12-10-19-5-4-13(12)24-6-2-1-3-7-24/h4-5,8-10H,1-3,6-7,18H2,(H,20,21)(H,22,25). The number of nitrogen functional groups attached to an aromatic ring is 1. The Labute approximate surface area is 154 Å². The lowest BCUT2D eigenvalue weighted by Crippen LogP contribution is -2.30. The normalized spacial score (nSPS) is 14.4. The fourth-order valence-corrected chi connectivity index (χ4v) is 3.87. The van der Waals surface area contributed by atoms with Gasteiger partial charge in [0.25, 0.3) is 5.91 Å². The number of nitrogens with zero attached hydrogens (tertiary/aromatic N) is 4. The van der Waals surface area contributed by atoms with Crippen molar-refractivity contribution in [1.29, 1.82) is 0 Å². The summed E-state index contributed by atoms with van der Waals surface area (Å²) in [6.07, 6.45) is 10.3.